The number of para-hydroxylation sites is 2. The van der Waals surface area contributed by atoms with Crippen molar-refractivity contribution in [2.75, 3.05) is 11.9 Å². The molecule has 1 amide bonds. The van der Waals surface area contributed by atoms with E-state index in [4.69, 9.17) is 4.74 Å². The minimum Gasteiger partial charge on any atom is -0.492 e. The number of hydrogen-bond acceptors (Lipinski definition) is 5. The average molecular weight is 317 g/mol. The Hall–Kier alpha value is -2.08. The molecule has 0 spiro atoms. The maximum atomic E-state index is 12.3. The first-order valence-corrected chi connectivity index (χ1v) is 7.96. The van der Waals surface area contributed by atoms with E-state index in [0.717, 1.165) is 10.7 Å². The van der Waals surface area contributed by atoms with Crippen LogP contribution in [0.1, 0.15) is 19.5 Å². The van der Waals surface area contributed by atoms with Gasteiger partial charge in [-0.05, 0) is 39.0 Å². The molecule has 0 saturated heterocycles. The van der Waals surface area contributed by atoms with Crippen LogP contribution in [0.4, 0.5) is 5.69 Å². The summed E-state index contributed by atoms with van der Waals surface area (Å²) < 4.78 is 5.51. The second kappa shape index (κ2) is 7.79. The molecule has 0 unspecified atom stereocenters. The molecule has 0 aliphatic rings. The number of nitrogens with one attached hydrogen (secondary N) is 1. The van der Waals surface area contributed by atoms with E-state index < -0.39 is 0 Å². The SMILES string of the molecule is CCOc1ccccc1NC(=O)[C@@H](C)Sc1cc(C)ncn1. The number of rotatable bonds is 6. The second-order valence-electron chi connectivity index (χ2n) is 4.68. The Kier molecular flexibility index (Phi) is 5.77. The summed E-state index contributed by atoms with van der Waals surface area (Å²) in [6.07, 6.45) is 1.51. The molecule has 0 radical (unpaired) electrons. The molecule has 0 fully saturated rings. The van der Waals surface area contributed by atoms with E-state index in [-0.39, 0.29) is 11.2 Å². The van der Waals surface area contributed by atoms with E-state index in [2.05, 4.69) is 15.3 Å². The van der Waals surface area contributed by atoms with E-state index >= 15 is 0 Å². The smallest absolute Gasteiger partial charge is 0.237 e. The molecule has 0 aliphatic heterocycles. The number of aryl methyl sites for hydroxylation is 1. The predicted octanol–water partition coefficient (Wildman–Crippen LogP) is 3.30. The monoisotopic (exact) mass is 317 g/mol. The van der Waals surface area contributed by atoms with Gasteiger partial charge in [0.25, 0.3) is 0 Å². The van der Waals surface area contributed by atoms with Crippen LogP contribution in [0.5, 0.6) is 5.75 Å². The average Bonchev–Trinajstić information content (AvgIpc) is 2.49. The van der Waals surface area contributed by atoms with Crippen molar-refractivity contribution in [1.82, 2.24) is 9.97 Å². The Morgan fingerprint density at radius 3 is 2.86 bits per heavy atom. The summed E-state index contributed by atoms with van der Waals surface area (Å²) in [4.78, 5) is 20.5. The highest BCUT2D eigenvalue weighted by atomic mass is 32.2. The maximum Gasteiger partial charge on any atom is 0.237 e. The maximum absolute atomic E-state index is 12.3. The van der Waals surface area contributed by atoms with E-state index in [1.165, 1.54) is 18.1 Å². The summed E-state index contributed by atoms with van der Waals surface area (Å²) in [5.74, 6) is 0.585. The molecule has 2 rings (SSSR count). The van der Waals surface area contributed by atoms with Crippen molar-refractivity contribution < 1.29 is 9.53 Å². The van der Waals surface area contributed by atoms with Gasteiger partial charge in [-0.3, -0.25) is 4.79 Å². The molecule has 2 aromatic rings. The standard InChI is InChI=1S/C16H19N3O2S/c1-4-21-14-8-6-5-7-13(14)19-16(20)12(3)22-15-9-11(2)17-10-18-15/h5-10,12H,4H2,1-3H3,(H,19,20)/t12-/m1/s1. The van der Waals surface area contributed by atoms with Crippen LogP contribution in [0.3, 0.4) is 0 Å². The van der Waals surface area contributed by atoms with E-state index in [9.17, 15) is 4.79 Å². The van der Waals surface area contributed by atoms with Crippen molar-refractivity contribution in [3.8, 4) is 5.75 Å². The molecule has 1 atom stereocenters. The molecule has 0 bridgehead atoms. The minimum absolute atomic E-state index is 0.0894. The first-order chi connectivity index (χ1) is 10.6. The van der Waals surface area contributed by atoms with Crippen molar-refractivity contribution in [3.63, 3.8) is 0 Å². The number of benzene rings is 1. The molecular weight excluding hydrogens is 298 g/mol. The molecule has 1 aromatic carbocycles. The third kappa shape index (κ3) is 4.46. The van der Waals surface area contributed by atoms with Crippen LogP contribution >= 0.6 is 11.8 Å². The molecule has 1 N–H and O–H groups in total. The molecule has 22 heavy (non-hydrogen) atoms. The number of hydrogen-bond donors (Lipinski definition) is 1. The van der Waals surface area contributed by atoms with E-state index in [1.807, 2.05) is 51.1 Å². The molecule has 1 heterocycles. The highest BCUT2D eigenvalue weighted by Crippen LogP contribution is 2.26. The van der Waals surface area contributed by atoms with Crippen LogP contribution in [-0.2, 0) is 4.79 Å². The van der Waals surface area contributed by atoms with Crippen LogP contribution in [-0.4, -0.2) is 27.7 Å². The number of anilines is 1. The van der Waals surface area contributed by atoms with Gasteiger partial charge < -0.3 is 10.1 Å². The summed E-state index contributed by atoms with van der Waals surface area (Å²) in [5.41, 5.74) is 1.56. The first-order valence-electron chi connectivity index (χ1n) is 7.08. The van der Waals surface area contributed by atoms with Crippen molar-refractivity contribution >= 4 is 23.4 Å². The van der Waals surface area contributed by atoms with Gasteiger partial charge in [-0.25, -0.2) is 9.97 Å². The van der Waals surface area contributed by atoms with Gasteiger partial charge in [0.05, 0.1) is 17.5 Å². The summed E-state index contributed by atoms with van der Waals surface area (Å²) in [5, 5.41) is 3.41. The Morgan fingerprint density at radius 1 is 1.36 bits per heavy atom. The highest BCUT2D eigenvalue weighted by Gasteiger charge is 2.17. The summed E-state index contributed by atoms with van der Waals surface area (Å²) in [6, 6.07) is 9.27. The topological polar surface area (TPSA) is 64.1 Å². The Labute approximate surface area is 134 Å². The lowest BCUT2D eigenvalue weighted by atomic mass is 10.3. The zero-order chi connectivity index (χ0) is 15.9. The number of carbonyl (C=O) groups is 1. The Balaban J connectivity index is 2.02. The van der Waals surface area contributed by atoms with Gasteiger partial charge >= 0.3 is 0 Å². The van der Waals surface area contributed by atoms with Gasteiger partial charge in [0.1, 0.15) is 17.1 Å². The Bertz CT molecular complexity index is 649. The molecule has 1 aromatic heterocycles. The molecule has 116 valence electrons. The van der Waals surface area contributed by atoms with Crippen molar-refractivity contribution in [2.24, 2.45) is 0 Å². The lowest BCUT2D eigenvalue weighted by Crippen LogP contribution is -2.22. The Morgan fingerprint density at radius 2 is 2.14 bits per heavy atom. The number of nitrogens with zero attached hydrogens (tertiary/aromatic N) is 2. The summed E-state index contributed by atoms with van der Waals surface area (Å²) >= 11 is 1.40. The lowest BCUT2D eigenvalue weighted by molar-refractivity contribution is -0.115. The fraction of sp³-hybridized carbons (Fsp3) is 0.312. The lowest BCUT2D eigenvalue weighted by Gasteiger charge is -2.14. The van der Waals surface area contributed by atoms with Gasteiger partial charge in [-0.1, -0.05) is 23.9 Å². The largest absolute Gasteiger partial charge is 0.492 e. The molecular formula is C16H19N3O2S. The third-order valence-corrected chi connectivity index (χ3v) is 3.92. The van der Waals surface area contributed by atoms with Crippen LogP contribution < -0.4 is 10.1 Å². The minimum atomic E-state index is -0.274. The van der Waals surface area contributed by atoms with Gasteiger partial charge in [0.15, 0.2) is 0 Å². The van der Waals surface area contributed by atoms with Gasteiger partial charge in [0, 0.05) is 5.69 Å². The third-order valence-electron chi connectivity index (χ3n) is 2.89. The van der Waals surface area contributed by atoms with Gasteiger partial charge in [-0.15, -0.1) is 0 Å². The van der Waals surface area contributed by atoms with Crippen LogP contribution in [0, 0.1) is 6.92 Å². The van der Waals surface area contributed by atoms with Gasteiger partial charge in [-0.2, -0.15) is 0 Å². The summed E-state index contributed by atoms with van der Waals surface area (Å²) in [6.45, 7) is 6.21. The quantitative estimate of drug-likeness (QED) is 0.654. The number of amides is 1. The second-order valence-corrected chi connectivity index (χ2v) is 6.04. The molecule has 0 saturated carbocycles. The fourth-order valence-corrected chi connectivity index (χ4v) is 2.69. The van der Waals surface area contributed by atoms with Crippen LogP contribution in [0.2, 0.25) is 0 Å². The zero-order valence-corrected chi connectivity index (χ0v) is 13.7. The molecule has 6 heteroatoms. The van der Waals surface area contributed by atoms with Crippen LogP contribution in [0.25, 0.3) is 0 Å². The first kappa shape index (κ1) is 16.3. The van der Waals surface area contributed by atoms with E-state index in [0.29, 0.717) is 18.0 Å². The summed E-state index contributed by atoms with van der Waals surface area (Å²) in [7, 11) is 0. The van der Waals surface area contributed by atoms with Crippen molar-refractivity contribution in [1.29, 1.82) is 0 Å². The van der Waals surface area contributed by atoms with E-state index in [1.54, 1.807) is 0 Å². The van der Waals surface area contributed by atoms with Crippen molar-refractivity contribution in [2.45, 2.75) is 31.0 Å². The fourth-order valence-electron chi connectivity index (χ4n) is 1.81. The number of carbonyl (C=O) groups excluding carboxylic acids is 1. The van der Waals surface area contributed by atoms with Gasteiger partial charge in [0.2, 0.25) is 5.91 Å². The molecule has 0 aliphatic carbocycles. The van der Waals surface area contributed by atoms with Crippen LogP contribution in [0.15, 0.2) is 41.7 Å². The normalized spacial score (nSPS) is 11.8. The number of ether oxygens (including phenoxy) is 1. The number of aromatic nitrogens is 2. The predicted molar refractivity (Wildman–Crippen MR) is 88.3 cm³/mol. The zero-order valence-electron chi connectivity index (χ0n) is 12.9. The highest BCUT2D eigenvalue weighted by molar-refractivity contribution is 8.00. The number of thioether (sulfide) groups is 1. The molecule has 5 nitrogen and oxygen atoms in total. The van der Waals surface area contributed by atoms with Crippen molar-refractivity contribution in [3.05, 3.63) is 42.4 Å².